The number of hydrogen-bond acceptors (Lipinski definition) is 4. The molecule has 0 aliphatic carbocycles. The molecule has 1 saturated heterocycles. The quantitative estimate of drug-likeness (QED) is 0.346. The summed E-state index contributed by atoms with van der Waals surface area (Å²) in [6.45, 7) is -0.751. The number of ether oxygens (including phenoxy) is 1. The number of rotatable bonds is 8. The Morgan fingerprint density at radius 2 is 1.32 bits per heavy atom. The predicted octanol–water partition coefficient (Wildman–Crippen LogP) is 6.21. The number of benzene rings is 3. The van der Waals surface area contributed by atoms with Crippen molar-refractivity contribution in [2.24, 2.45) is 0 Å². The van der Waals surface area contributed by atoms with Gasteiger partial charge in [-0.3, -0.25) is 4.90 Å². The maximum atomic E-state index is 14.4. The summed E-state index contributed by atoms with van der Waals surface area (Å²) in [5.74, 6) is 0.400. The molecule has 10 heteroatoms. The molecule has 0 amide bonds. The molecule has 0 saturated carbocycles. The molecule has 1 aliphatic heterocycles. The Balaban J connectivity index is 1.72. The van der Waals surface area contributed by atoms with Gasteiger partial charge in [-0.05, 0) is 23.8 Å². The zero-order valence-electron chi connectivity index (χ0n) is 20.7. The van der Waals surface area contributed by atoms with Crippen LogP contribution in [-0.4, -0.2) is 56.1 Å². The van der Waals surface area contributed by atoms with Gasteiger partial charge in [-0.25, -0.2) is 0 Å². The van der Waals surface area contributed by atoms with E-state index in [-0.39, 0.29) is 12.2 Å². The van der Waals surface area contributed by atoms with Crippen LogP contribution in [0.15, 0.2) is 84.9 Å². The predicted molar refractivity (Wildman–Crippen MR) is 134 cm³/mol. The molecule has 1 heterocycles. The minimum Gasteiger partial charge on any atom is -0.496 e. The Morgan fingerprint density at radius 1 is 0.789 bits per heavy atom. The minimum atomic E-state index is -4.90. The van der Waals surface area contributed by atoms with Gasteiger partial charge in [0.1, 0.15) is 17.8 Å². The summed E-state index contributed by atoms with van der Waals surface area (Å²) in [4.78, 5) is 1.76. The summed E-state index contributed by atoms with van der Waals surface area (Å²) in [5.41, 5.74) is 1.35. The highest BCUT2D eigenvalue weighted by Gasteiger charge is 2.57. The molecular weight excluding hydrogens is 508 g/mol. The van der Waals surface area contributed by atoms with E-state index in [4.69, 9.17) is 4.74 Å². The second kappa shape index (κ2) is 11.7. The Bertz CT molecular complexity index is 1130. The molecule has 3 atom stereocenters. The number of piperazine rings is 1. The number of halogens is 6. The van der Waals surface area contributed by atoms with Crippen molar-refractivity contribution >= 4 is 5.69 Å². The van der Waals surface area contributed by atoms with E-state index in [0.717, 1.165) is 5.56 Å². The molecule has 1 aliphatic rings. The minimum absolute atomic E-state index is 0.118. The SMILES string of the molecule is COc1ccccc1C(CNCc1ccccc1)N1CC(C(F)(F)F)N(c2ccccc2)C(C(F)(F)F)C1. The van der Waals surface area contributed by atoms with Crippen molar-refractivity contribution in [2.45, 2.75) is 37.0 Å². The van der Waals surface area contributed by atoms with Gasteiger partial charge in [-0.2, -0.15) is 26.3 Å². The first-order valence-corrected chi connectivity index (χ1v) is 12.2. The molecule has 1 N–H and O–H groups in total. The lowest BCUT2D eigenvalue weighted by molar-refractivity contribution is -0.193. The van der Waals surface area contributed by atoms with Gasteiger partial charge in [0, 0.05) is 37.4 Å². The van der Waals surface area contributed by atoms with Crippen LogP contribution >= 0.6 is 0 Å². The van der Waals surface area contributed by atoms with Crippen molar-refractivity contribution in [2.75, 3.05) is 31.6 Å². The van der Waals surface area contributed by atoms with Gasteiger partial charge in [0.25, 0.3) is 0 Å². The molecule has 3 unspecified atom stereocenters. The lowest BCUT2D eigenvalue weighted by Crippen LogP contribution is -2.68. The fourth-order valence-electron chi connectivity index (χ4n) is 4.98. The highest BCUT2D eigenvalue weighted by Crippen LogP contribution is 2.42. The highest BCUT2D eigenvalue weighted by molar-refractivity contribution is 5.50. The molecule has 4 nitrogen and oxygen atoms in total. The molecule has 0 bridgehead atoms. The number of nitrogens with one attached hydrogen (secondary N) is 1. The Labute approximate surface area is 217 Å². The van der Waals surface area contributed by atoms with Gasteiger partial charge in [0.2, 0.25) is 0 Å². The van der Waals surface area contributed by atoms with Crippen LogP contribution in [0.3, 0.4) is 0 Å². The van der Waals surface area contributed by atoms with Gasteiger partial charge < -0.3 is 15.0 Å². The van der Waals surface area contributed by atoms with Crippen LogP contribution in [-0.2, 0) is 6.54 Å². The number of alkyl halides is 6. The van der Waals surface area contributed by atoms with E-state index in [1.165, 1.54) is 36.3 Å². The molecule has 0 radical (unpaired) electrons. The summed E-state index contributed by atoms with van der Waals surface area (Å²) in [6.07, 6.45) is -9.80. The smallest absolute Gasteiger partial charge is 0.410 e. The molecular formula is C28H29F6N3O. The van der Waals surface area contributed by atoms with Gasteiger partial charge in [0.05, 0.1) is 13.2 Å². The number of anilines is 1. The average Bonchev–Trinajstić information content (AvgIpc) is 2.90. The highest BCUT2D eigenvalue weighted by atomic mass is 19.4. The van der Waals surface area contributed by atoms with E-state index < -0.39 is 43.6 Å². The van der Waals surface area contributed by atoms with Crippen molar-refractivity contribution in [3.05, 3.63) is 96.1 Å². The lowest BCUT2D eigenvalue weighted by Gasteiger charge is -2.50. The summed E-state index contributed by atoms with van der Waals surface area (Å²) >= 11 is 0. The summed E-state index contributed by atoms with van der Waals surface area (Å²) < 4.78 is 92.0. The van der Waals surface area contributed by atoms with Crippen LogP contribution in [0.1, 0.15) is 17.2 Å². The maximum absolute atomic E-state index is 14.4. The molecule has 204 valence electrons. The number of hydrogen-bond donors (Lipinski definition) is 1. The van der Waals surface area contributed by atoms with Crippen molar-refractivity contribution in [1.29, 1.82) is 0 Å². The maximum Gasteiger partial charge on any atom is 0.410 e. The number of nitrogens with zero attached hydrogens (tertiary/aromatic N) is 2. The fourth-order valence-corrected chi connectivity index (χ4v) is 4.98. The van der Waals surface area contributed by atoms with Gasteiger partial charge in [0.15, 0.2) is 0 Å². The Hall–Kier alpha value is -3.24. The van der Waals surface area contributed by atoms with Gasteiger partial charge in [-0.15, -0.1) is 0 Å². The largest absolute Gasteiger partial charge is 0.496 e. The molecule has 0 spiro atoms. The summed E-state index contributed by atoms with van der Waals surface area (Å²) in [5, 5.41) is 3.23. The number of para-hydroxylation sites is 2. The summed E-state index contributed by atoms with van der Waals surface area (Å²) in [6, 6.07) is 17.6. The van der Waals surface area contributed by atoms with Crippen molar-refractivity contribution < 1.29 is 31.1 Å². The molecule has 3 aromatic carbocycles. The van der Waals surface area contributed by atoms with E-state index in [0.29, 0.717) is 22.8 Å². The van der Waals surface area contributed by atoms with Crippen LogP contribution in [0.25, 0.3) is 0 Å². The van der Waals surface area contributed by atoms with Crippen molar-refractivity contribution in [3.63, 3.8) is 0 Å². The second-order valence-corrected chi connectivity index (χ2v) is 9.19. The third-order valence-electron chi connectivity index (χ3n) is 6.74. The first kappa shape index (κ1) is 27.8. The molecule has 38 heavy (non-hydrogen) atoms. The molecule has 3 aromatic rings. The van der Waals surface area contributed by atoms with Crippen LogP contribution < -0.4 is 15.0 Å². The average molecular weight is 538 g/mol. The van der Waals surface area contributed by atoms with Gasteiger partial charge in [-0.1, -0.05) is 66.7 Å². The van der Waals surface area contributed by atoms with E-state index in [9.17, 15) is 26.3 Å². The first-order valence-electron chi connectivity index (χ1n) is 12.2. The van der Waals surface area contributed by atoms with E-state index in [1.54, 1.807) is 30.3 Å². The van der Waals surface area contributed by atoms with E-state index in [2.05, 4.69) is 5.32 Å². The zero-order chi connectivity index (χ0) is 27.3. The standard InChI is InChI=1S/C28H29F6N3O/c1-38-24-15-9-8-14-22(24)23(17-35-16-20-10-4-2-5-11-20)36-18-25(27(29,30)31)37(21-12-6-3-7-13-21)26(19-36)28(32,33)34/h2-15,23,25-26,35H,16-19H2,1H3. The molecule has 1 fully saturated rings. The monoisotopic (exact) mass is 537 g/mol. The Morgan fingerprint density at radius 3 is 1.87 bits per heavy atom. The summed E-state index contributed by atoms with van der Waals surface area (Å²) in [7, 11) is 1.43. The van der Waals surface area contributed by atoms with Gasteiger partial charge >= 0.3 is 12.4 Å². The lowest BCUT2D eigenvalue weighted by atomic mass is 9.97. The topological polar surface area (TPSA) is 27.7 Å². The van der Waals surface area contributed by atoms with Crippen LogP contribution in [0.4, 0.5) is 32.0 Å². The van der Waals surface area contributed by atoms with Crippen molar-refractivity contribution in [1.82, 2.24) is 10.2 Å². The van der Waals surface area contributed by atoms with Crippen LogP contribution in [0.2, 0.25) is 0 Å². The zero-order valence-corrected chi connectivity index (χ0v) is 20.7. The normalized spacial score (nSPS) is 19.8. The fraction of sp³-hybridized carbons (Fsp3) is 0.357. The van der Waals surface area contributed by atoms with Crippen molar-refractivity contribution in [3.8, 4) is 5.75 Å². The molecule has 4 rings (SSSR count). The first-order chi connectivity index (χ1) is 18.1. The van der Waals surface area contributed by atoms with E-state index in [1.807, 2.05) is 30.3 Å². The van der Waals surface area contributed by atoms with E-state index >= 15 is 0 Å². The Kier molecular flexibility index (Phi) is 8.52. The van der Waals surface area contributed by atoms with Crippen LogP contribution in [0, 0.1) is 0 Å². The number of methoxy groups -OCH3 is 1. The van der Waals surface area contributed by atoms with Crippen LogP contribution in [0.5, 0.6) is 5.75 Å². The molecule has 0 aromatic heterocycles. The third-order valence-corrected chi connectivity index (χ3v) is 6.74. The second-order valence-electron chi connectivity index (χ2n) is 9.19. The third kappa shape index (κ3) is 6.42.